The number of nitrogens with one attached hydrogen (secondary N) is 3. The summed E-state index contributed by atoms with van der Waals surface area (Å²) in [7, 11) is 24.4. The van der Waals surface area contributed by atoms with Crippen LogP contribution < -0.4 is 46.7 Å². The normalized spacial score (nSPS) is 9.77. The second-order valence-corrected chi connectivity index (χ2v) is 26.2. The molecule has 0 saturated heterocycles. The molecule has 559 valence electrons. The standard InChI is InChI=1S/C25H27N5.C22H19N3O.C16H14BrN3O.C9H9BrN2.C9H10N2.5CH4.BHNS/c1-30(2)24-12-11-19(16-21(24)18-8-4-3-5-9-18)22-17-23-20(10-6-14-27-23)25(29-22)28-15-7-13-26;1-25(2)21-11-10-16(13-18(21)15-7-4-3-5-8-15)19-14-20-17(22(26)24-19)9-6-12-23-20;1-20(2)15-6-5-10(8-12(15)17)13-9-14-11(16(21)19-13)4-3-7-18-14;1-11-7-4-5-9(12(2)3)8(10)6-7;1-10-8-4-6-9(7-5-8)11(2)3;;;;;;1-2-3/h3-6,8-12,14,16-17H,7,13,15,26H2,1-2H3,(H,28,29);3-14H,1-2H3,(H,24,26);3-9H,1-2H3,(H,19,21);4-6H,2-3H3;4-7H,2-3H3;5*1H4;3H. The summed E-state index contributed by atoms with van der Waals surface area (Å²) in [6, 6.07) is 69.5. The van der Waals surface area contributed by atoms with Crippen molar-refractivity contribution in [2.24, 2.45) is 10.0 Å². The molecule has 18 nitrogen and oxygen atoms in total. The fourth-order valence-electron chi connectivity index (χ4n) is 10.8. The van der Waals surface area contributed by atoms with E-state index in [9.17, 15) is 9.59 Å². The van der Waals surface area contributed by atoms with Gasteiger partial charge in [0.2, 0.25) is 0 Å². The third-order valence-electron chi connectivity index (χ3n) is 16.0. The van der Waals surface area contributed by atoms with Gasteiger partial charge in [-0.3, -0.25) is 24.5 Å². The van der Waals surface area contributed by atoms with Crippen LogP contribution in [0.2, 0.25) is 0 Å². The molecule has 0 aliphatic rings. The van der Waals surface area contributed by atoms with Gasteiger partial charge in [0.05, 0.1) is 63.2 Å². The summed E-state index contributed by atoms with van der Waals surface area (Å²) in [4.78, 5) is 65.4. The van der Waals surface area contributed by atoms with Gasteiger partial charge >= 0.3 is 24.8 Å². The summed E-state index contributed by atoms with van der Waals surface area (Å²) in [5.41, 5.74) is 24.7. The van der Waals surface area contributed by atoms with Gasteiger partial charge in [0.25, 0.3) is 11.1 Å². The molecule has 13 rings (SSSR count). The molecule has 6 aromatic heterocycles. The smallest absolute Gasteiger partial charge is 0.188 e. The summed E-state index contributed by atoms with van der Waals surface area (Å²) < 4.78 is 4.63. The second-order valence-electron chi connectivity index (χ2n) is 24.2. The van der Waals surface area contributed by atoms with Crippen LogP contribution in [0.3, 0.4) is 0 Å². The summed E-state index contributed by atoms with van der Waals surface area (Å²) in [5.74, 6) is 0.849. The first kappa shape index (κ1) is 90.9. The number of anilines is 6. The number of aromatic nitrogens is 6. The Labute approximate surface area is 662 Å². The zero-order valence-electron chi connectivity index (χ0n) is 59.1. The number of nitrogens with two attached hydrogens (primary N) is 1. The molecule has 0 unspecified atom stereocenters. The molecule has 0 fully saturated rings. The fraction of sp³-hybridized carbons (Fsp3) is 0.209. The molecule has 0 saturated carbocycles. The molecule has 0 bridgehead atoms. The Morgan fingerprint density at radius 3 is 1.27 bits per heavy atom. The maximum absolute atomic E-state index is 12.4. The minimum absolute atomic E-state index is 0. The molecule has 0 atom stereocenters. The quantitative estimate of drug-likeness (QED) is 0.0299. The van der Waals surface area contributed by atoms with Crippen LogP contribution in [0.15, 0.2) is 254 Å². The van der Waals surface area contributed by atoms with Crippen LogP contribution in [0.25, 0.3) is 98.4 Å². The van der Waals surface area contributed by atoms with Gasteiger partial charge in [-0.25, -0.2) is 14.7 Å². The van der Waals surface area contributed by atoms with Crippen LogP contribution >= 0.6 is 44.7 Å². The predicted molar refractivity (Wildman–Crippen MR) is 477 cm³/mol. The van der Waals surface area contributed by atoms with Gasteiger partial charge in [0, 0.05) is 149 Å². The van der Waals surface area contributed by atoms with E-state index >= 15 is 0 Å². The van der Waals surface area contributed by atoms with Gasteiger partial charge in [0.1, 0.15) is 5.82 Å². The van der Waals surface area contributed by atoms with Crippen molar-refractivity contribution >= 4 is 131 Å². The van der Waals surface area contributed by atoms with E-state index in [0.717, 1.165) is 106 Å². The van der Waals surface area contributed by atoms with Gasteiger partial charge in [-0.2, -0.15) is 0 Å². The number of fused-ring (bicyclic) bond motifs is 3. The van der Waals surface area contributed by atoms with Gasteiger partial charge in [-0.1, -0.05) is 134 Å². The summed E-state index contributed by atoms with van der Waals surface area (Å²) >= 11 is 10.2. The molecule has 22 heteroatoms. The summed E-state index contributed by atoms with van der Waals surface area (Å²) in [6.07, 6.45) is 6.11. The molecule has 1 radical (unpaired) electrons. The van der Waals surface area contributed by atoms with Crippen LogP contribution in [-0.2, 0) is 0 Å². The van der Waals surface area contributed by atoms with Gasteiger partial charge in [-0.15, -0.1) is 0 Å². The first-order valence-corrected chi connectivity index (χ1v) is 34.6. The Bertz CT molecular complexity index is 5220. The third-order valence-corrected chi connectivity index (χ3v) is 17.3. The zero-order chi connectivity index (χ0) is 74.1. The van der Waals surface area contributed by atoms with E-state index in [0.29, 0.717) is 39.7 Å². The van der Waals surface area contributed by atoms with E-state index in [1.807, 2.05) is 186 Å². The van der Waals surface area contributed by atoms with E-state index in [2.05, 4.69) is 199 Å². The van der Waals surface area contributed by atoms with Crippen LogP contribution in [0, 0.1) is 13.1 Å². The largest absolute Gasteiger partial charge is 0.378 e. The second kappa shape index (κ2) is 44.6. The molecular weight excluding hydrogens is 1490 g/mol. The van der Waals surface area contributed by atoms with Crippen molar-refractivity contribution in [1.29, 1.82) is 0 Å². The predicted octanol–water partition coefficient (Wildman–Crippen LogP) is 21.3. The minimum Gasteiger partial charge on any atom is -0.378 e. The van der Waals surface area contributed by atoms with Crippen LogP contribution in [0.1, 0.15) is 43.6 Å². The van der Waals surface area contributed by atoms with E-state index in [1.54, 1.807) is 36.7 Å². The van der Waals surface area contributed by atoms with Crippen molar-refractivity contribution in [3.05, 3.63) is 283 Å². The number of benzene rings is 7. The molecule has 0 aliphatic heterocycles. The van der Waals surface area contributed by atoms with Crippen LogP contribution in [0.4, 0.5) is 45.6 Å². The van der Waals surface area contributed by atoms with E-state index in [-0.39, 0.29) is 48.3 Å². The maximum Gasteiger partial charge on any atom is 0.188 e. The average Bonchev–Trinajstić information content (AvgIpc) is 0.790. The van der Waals surface area contributed by atoms with Crippen molar-refractivity contribution in [3.8, 4) is 56.0 Å². The number of nitrogens with zero attached hydrogens (tertiary/aromatic N) is 12. The molecule has 0 amide bonds. The van der Waals surface area contributed by atoms with Gasteiger partial charge in [0.15, 0.2) is 11.4 Å². The van der Waals surface area contributed by atoms with Gasteiger partial charge < -0.3 is 45.5 Å². The summed E-state index contributed by atoms with van der Waals surface area (Å²) in [5, 5.41) is 5.66. The first-order chi connectivity index (χ1) is 49.7. The molecule has 0 aliphatic carbocycles. The minimum atomic E-state index is -0.122. The van der Waals surface area contributed by atoms with E-state index < -0.39 is 0 Å². The van der Waals surface area contributed by atoms with E-state index in [1.165, 1.54) is 16.8 Å². The van der Waals surface area contributed by atoms with Crippen molar-refractivity contribution < 1.29 is 0 Å². The Balaban J connectivity index is 0.000000357. The van der Waals surface area contributed by atoms with E-state index in [4.69, 9.17) is 23.9 Å². The molecule has 7 aromatic carbocycles. The first-order valence-electron chi connectivity index (χ1n) is 32.6. The number of rotatable bonds is 14. The number of H-pyrrole nitrogens is 2. The SMILES string of the molecule is C.C.C.C.C.CN(C)c1ccc(-c2cc3ncccc3c(=O)[nH]2)cc1-c1ccccc1.CN(C)c1ccc(-c2cc3ncccc3c(=O)[nH]2)cc1Br.CN(C)c1ccc(-c2cc3ncccc3c(NCCCN)n2)cc1-c1ccccc1.[B]=NS.[C-]#[N+]c1ccc(N(C)C)c(Br)c1.[C-]#[N+]c1ccc(N(C)C)cc1. The molecule has 108 heavy (non-hydrogen) atoms. The van der Waals surface area contributed by atoms with Crippen molar-refractivity contribution in [3.63, 3.8) is 0 Å². The van der Waals surface area contributed by atoms with Crippen LogP contribution in [0.5, 0.6) is 0 Å². The average molecular weight is 1590 g/mol. The number of aromatic amines is 2. The van der Waals surface area contributed by atoms with Crippen molar-refractivity contribution in [2.45, 2.75) is 43.6 Å². The summed E-state index contributed by atoms with van der Waals surface area (Å²) in [6.45, 7) is 15.0. The molecule has 13 aromatic rings. The molecule has 6 heterocycles. The molecular formula is C86H100BBr2N16O2S. The third kappa shape index (κ3) is 24.4. The fourth-order valence-corrected chi connectivity index (χ4v) is 12.3. The molecule has 5 N–H and O–H groups in total. The monoisotopic (exact) mass is 1590 g/mol. The zero-order valence-corrected chi connectivity index (χ0v) is 63.2. The Kier molecular flexibility index (Phi) is 37.6. The topological polar surface area (TPSA) is 193 Å². The number of hydrogen-bond donors (Lipinski definition) is 5. The Morgan fingerprint density at radius 2 is 0.852 bits per heavy atom. The van der Waals surface area contributed by atoms with Gasteiger partial charge in [-0.05, 0) is 182 Å². The van der Waals surface area contributed by atoms with Crippen LogP contribution in [-0.4, -0.2) is 121 Å². The Hall–Kier alpha value is -11.3. The molecule has 0 spiro atoms. The maximum atomic E-state index is 12.4. The van der Waals surface area contributed by atoms with Crippen molar-refractivity contribution in [2.75, 3.05) is 113 Å². The number of thiol groups is 1. The number of pyridine rings is 6. The number of halogens is 2. The number of hydrogen-bond acceptors (Lipinski definition) is 15. The van der Waals surface area contributed by atoms with Crippen molar-refractivity contribution in [1.82, 2.24) is 29.9 Å². The Morgan fingerprint density at radius 1 is 0.463 bits per heavy atom.